The molecule has 0 N–H and O–H groups in total. The Kier molecular flexibility index (Phi) is 3.23. The average Bonchev–Trinajstić information content (AvgIpc) is 2.71. The van der Waals surface area contributed by atoms with Gasteiger partial charge in [0.1, 0.15) is 6.10 Å². The molecular weight excluding hydrogens is 220 g/mol. The van der Waals surface area contributed by atoms with E-state index in [1.165, 1.54) is 6.08 Å². The maximum atomic E-state index is 11.7. The number of benzene rings is 1. The lowest BCUT2D eigenvalue weighted by Crippen LogP contribution is -2.11. The van der Waals surface area contributed by atoms with Crippen molar-refractivity contribution in [1.29, 1.82) is 0 Å². The summed E-state index contributed by atoms with van der Waals surface area (Å²) in [7, 11) is 0. The van der Waals surface area contributed by atoms with Crippen molar-refractivity contribution in [3.8, 4) is 0 Å². The van der Waals surface area contributed by atoms with Crippen LogP contribution in [0, 0.1) is 0 Å². The Labute approximate surface area is 98.8 Å². The minimum absolute atomic E-state index is 0.0225. The van der Waals surface area contributed by atoms with E-state index in [-0.39, 0.29) is 11.9 Å². The molecule has 0 amide bonds. The van der Waals surface area contributed by atoms with Crippen LogP contribution in [0.1, 0.15) is 23.7 Å². The second-order valence-corrected chi connectivity index (χ2v) is 3.64. The van der Waals surface area contributed by atoms with Gasteiger partial charge in [-0.05, 0) is 18.6 Å². The zero-order valence-corrected chi connectivity index (χ0v) is 9.38. The van der Waals surface area contributed by atoms with Crippen molar-refractivity contribution >= 4 is 11.9 Å². The molecule has 1 aliphatic heterocycles. The molecule has 1 aromatic rings. The highest BCUT2D eigenvalue weighted by atomic mass is 16.6. The van der Waals surface area contributed by atoms with Gasteiger partial charge >= 0.3 is 11.9 Å². The van der Waals surface area contributed by atoms with E-state index in [1.807, 2.05) is 6.92 Å². The summed E-state index contributed by atoms with van der Waals surface area (Å²) in [5.41, 5.74) is 0.404. The molecule has 88 valence electrons. The number of hydrogen-bond donors (Lipinski definition) is 0. The molecule has 4 heteroatoms. The van der Waals surface area contributed by atoms with Crippen molar-refractivity contribution < 1.29 is 19.1 Å². The van der Waals surface area contributed by atoms with Crippen LogP contribution in [0.15, 0.2) is 42.2 Å². The summed E-state index contributed by atoms with van der Waals surface area (Å²) < 4.78 is 9.94. The Bertz CT molecular complexity index is 462. The molecule has 0 spiro atoms. The van der Waals surface area contributed by atoms with E-state index in [0.29, 0.717) is 12.0 Å². The number of hydrogen-bond acceptors (Lipinski definition) is 4. The number of rotatable bonds is 3. The largest absolute Gasteiger partial charge is 0.452 e. The predicted molar refractivity (Wildman–Crippen MR) is 60.1 cm³/mol. The number of carbonyl (C=O) groups excluding carboxylic acids is 2. The number of cyclic esters (lactones) is 1. The molecule has 17 heavy (non-hydrogen) atoms. The summed E-state index contributed by atoms with van der Waals surface area (Å²) in [5.74, 6) is -1.16. The normalized spacial score (nSPS) is 18.5. The molecule has 2 rings (SSSR count). The van der Waals surface area contributed by atoms with Gasteiger partial charge < -0.3 is 9.47 Å². The zero-order valence-electron chi connectivity index (χ0n) is 9.38. The van der Waals surface area contributed by atoms with Crippen LogP contribution < -0.4 is 0 Å². The summed E-state index contributed by atoms with van der Waals surface area (Å²) in [4.78, 5) is 23.0. The van der Waals surface area contributed by atoms with Gasteiger partial charge in [0.05, 0.1) is 5.56 Å². The van der Waals surface area contributed by atoms with Crippen LogP contribution in [0.5, 0.6) is 0 Å². The third-order valence-corrected chi connectivity index (χ3v) is 2.41. The highest BCUT2D eigenvalue weighted by Gasteiger charge is 2.28. The Morgan fingerprint density at radius 2 is 2.06 bits per heavy atom. The first-order chi connectivity index (χ1) is 8.20. The van der Waals surface area contributed by atoms with Crippen molar-refractivity contribution in [3.63, 3.8) is 0 Å². The summed E-state index contributed by atoms with van der Waals surface area (Å²) in [6.45, 7) is 1.89. The van der Waals surface area contributed by atoms with E-state index in [9.17, 15) is 9.59 Å². The van der Waals surface area contributed by atoms with Crippen LogP contribution in [-0.4, -0.2) is 18.0 Å². The third kappa shape index (κ3) is 2.53. The van der Waals surface area contributed by atoms with Crippen LogP contribution >= 0.6 is 0 Å². The highest BCUT2D eigenvalue weighted by molar-refractivity contribution is 5.96. The first-order valence-corrected chi connectivity index (χ1v) is 5.40. The molecule has 1 aliphatic rings. The summed E-state index contributed by atoms with van der Waals surface area (Å²) in [6.07, 6.45) is 1.91. The van der Waals surface area contributed by atoms with Gasteiger partial charge in [-0.25, -0.2) is 9.59 Å². The van der Waals surface area contributed by atoms with Gasteiger partial charge in [-0.3, -0.25) is 0 Å². The molecule has 0 saturated carbocycles. The van der Waals surface area contributed by atoms with Gasteiger partial charge in [-0.1, -0.05) is 25.1 Å². The summed E-state index contributed by atoms with van der Waals surface area (Å²) >= 11 is 0. The number of esters is 2. The van der Waals surface area contributed by atoms with E-state index in [2.05, 4.69) is 0 Å². The van der Waals surface area contributed by atoms with Crippen LogP contribution in [-0.2, 0) is 14.3 Å². The number of carbonyl (C=O) groups is 2. The molecule has 0 aliphatic carbocycles. The fourth-order valence-electron chi connectivity index (χ4n) is 1.48. The minimum Gasteiger partial charge on any atom is -0.452 e. The first kappa shape index (κ1) is 11.4. The lowest BCUT2D eigenvalue weighted by Gasteiger charge is -2.03. The Hall–Kier alpha value is -2.10. The summed E-state index contributed by atoms with van der Waals surface area (Å²) in [5, 5.41) is 0. The molecule has 4 nitrogen and oxygen atoms in total. The summed E-state index contributed by atoms with van der Waals surface area (Å²) in [6, 6.07) is 8.51. The van der Waals surface area contributed by atoms with Gasteiger partial charge in [0.2, 0.25) is 5.76 Å². The molecule has 0 bridgehead atoms. The molecule has 0 fully saturated rings. The van der Waals surface area contributed by atoms with Crippen molar-refractivity contribution in [3.05, 3.63) is 47.7 Å². The van der Waals surface area contributed by atoms with Crippen LogP contribution in [0.2, 0.25) is 0 Å². The van der Waals surface area contributed by atoms with E-state index in [1.54, 1.807) is 30.3 Å². The van der Waals surface area contributed by atoms with Gasteiger partial charge in [-0.15, -0.1) is 0 Å². The molecule has 1 aromatic carbocycles. The smallest absolute Gasteiger partial charge is 0.374 e. The molecular formula is C13H12O4. The molecule has 1 atom stereocenters. The van der Waals surface area contributed by atoms with E-state index < -0.39 is 11.9 Å². The Balaban J connectivity index is 2.07. The third-order valence-electron chi connectivity index (χ3n) is 2.41. The van der Waals surface area contributed by atoms with Crippen molar-refractivity contribution in [2.75, 3.05) is 0 Å². The molecule has 0 radical (unpaired) electrons. The second kappa shape index (κ2) is 4.82. The van der Waals surface area contributed by atoms with Crippen molar-refractivity contribution in [1.82, 2.24) is 0 Å². The van der Waals surface area contributed by atoms with Crippen LogP contribution in [0.3, 0.4) is 0 Å². The minimum atomic E-state index is -0.582. The van der Waals surface area contributed by atoms with Gasteiger partial charge in [0, 0.05) is 6.08 Å². The maximum absolute atomic E-state index is 11.7. The van der Waals surface area contributed by atoms with Crippen molar-refractivity contribution in [2.45, 2.75) is 19.4 Å². The fraction of sp³-hybridized carbons (Fsp3) is 0.231. The molecule has 1 unspecified atom stereocenters. The monoisotopic (exact) mass is 232 g/mol. The topological polar surface area (TPSA) is 52.6 Å². The molecule has 0 saturated heterocycles. The predicted octanol–water partition coefficient (Wildman–Crippen LogP) is 2.06. The SMILES string of the molecule is CCC1C=C(OC(=O)c2ccccc2)C(=O)O1. The zero-order chi connectivity index (χ0) is 12.3. The highest BCUT2D eigenvalue weighted by Crippen LogP contribution is 2.18. The molecule has 1 heterocycles. The van der Waals surface area contributed by atoms with E-state index in [4.69, 9.17) is 9.47 Å². The lowest BCUT2D eigenvalue weighted by molar-refractivity contribution is -0.142. The van der Waals surface area contributed by atoms with E-state index in [0.717, 1.165) is 0 Å². The first-order valence-electron chi connectivity index (χ1n) is 5.40. The Morgan fingerprint density at radius 3 is 2.65 bits per heavy atom. The van der Waals surface area contributed by atoms with Crippen LogP contribution in [0.4, 0.5) is 0 Å². The van der Waals surface area contributed by atoms with Gasteiger partial charge in [0.15, 0.2) is 0 Å². The number of ether oxygens (including phenoxy) is 2. The maximum Gasteiger partial charge on any atom is 0.374 e. The van der Waals surface area contributed by atoms with E-state index >= 15 is 0 Å². The van der Waals surface area contributed by atoms with Crippen LogP contribution in [0.25, 0.3) is 0 Å². The van der Waals surface area contributed by atoms with Gasteiger partial charge in [0.25, 0.3) is 0 Å². The fourth-order valence-corrected chi connectivity index (χ4v) is 1.48. The van der Waals surface area contributed by atoms with Crippen molar-refractivity contribution in [2.24, 2.45) is 0 Å². The average molecular weight is 232 g/mol. The quantitative estimate of drug-likeness (QED) is 0.748. The van der Waals surface area contributed by atoms with Gasteiger partial charge in [-0.2, -0.15) is 0 Å². The molecule has 0 aromatic heterocycles. The lowest BCUT2D eigenvalue weighted by atomic mass is 10.2. The Morgan fingerprint density at radius 1 is 1.35 bits per heavy atom. The standard InChI is InChI=1S/C13H12O4/c1-2-10-8-11(13(15)16-10)17-12(14)9-6-4-3-5-7-9/h3-8,10H,2H2,1H3. The second-order valence-electron chi connectivity index (χ2n) is 3.64.